The molecule has 0 radical (unpaired) electrons. The largest absolute Gasteiger partial charge is 0.472 e. The lowest BCUT2D eigenvalue weighted by Gasteiger charge is -2.21. The highest BCUT2D eigenvalue weighted by molar-refractivity contribution is 7.47. The van der Waals surface area contributed by atoms with E-state index < -0.39 is 84.5 Å². The number of carbonyl (C=O) groups excluding carboxylic acids is 2. The SMILES string of the molecule is CC/C=C\C[C@H](O)/C=C/C=C/C=C\C=C/[C@@H](O)[C@H](O)CCCC(=O)O[C@H](COC(=O)CCCCCC/C=C\C/C=C\C/C=C\CCCCC)COP(=O)(O)OC[C@@H](O)COP(=O)(O)O. The molecule has 6 atom stereocenters. The molecule has 0 fully saturated rings. The van der Waals surface area contributed by atoms with E-state index in [-0.39, 0.29) is 25.7 Å². The molecule has 0 bridgehead atoms. The second-order valence-electron chi connectivity index (χ2n) is 14.8. The second kappa shape index (κ2) is 40.2. The van der Waals surface area contributed by atoms with Crippen molar-refractivity contribution in [2.75, 3.05) is 26.4 Å². The van der Waals surface area contributed by atoms with E-state index in [0.717, 1.165) is 51.4 Å². The van der Waals surface area contributed by atoms with Crippen LogP contribution < -0.4 is 0 Å². The molecule has 0 rings (SSSR count). The maximum atomic E-state index is 12.7. The van der Waals surface area contributed by atoms with Gasteiger partial charge in [0.05, 0.1) is 38.1 Å². The van der Waals surface area contributed by atoms with E-state index in [4.69, 9.17) is 23.8 Å². The van der Waals surface area contributed by atoms with Crippen molar-refractivity contribution >= 4 is 27.6 Å². The second-order valence-corrected chi connectivity index (χ2v) is 17.5. The van der Waals surface area contributed by atoms with Gasteiger partial charge in [0.2, 0.25) is 0 Å². The average molecular weight is 947 g/mol. The number of hydrogen-bond donors (Lipinski definition) is 7. The minimum atomic E-state index is -4.92. The summed E-state index contributed by atoms with van der Waals surface area (Å²) in [5.74, 6) is -1.40. The quantitative estimate of drug-likeness (QED) is 0.0100. The number of phosphoric acid groups is 2. The summed E-state index contributed by atoms with van der Waals surface area (Å²) >= 11 is 0. The Morgan fingerprint density at radius 1 is 0.578 bits per heavy atom. The summed E-state index contributed by atoms with van der Waals surface area (Å²) in [7, 11) is -9.83. The molecule has 64 heavy (non-hydrogen) atoms. The van der Waals surface area contributed by atoms with Crippen LogP contribution >= 0.6 is 15.6 Å². The molecule has 18 heteroatoms. The molecule has 0 spiro atoms. The first-order valence-electron chi connectivity index (χ1n) is 22.3. The summed E-state index contributed by atoms with van der Waals surface area (Å²) < 4.78 is 47.5. The fourth-order valence-corrected chi connectivity index (χ4v) is 6.44. The van der Waals surface area contributed by atoms with Crippen molar-refractivity contribution < 1.29 is 76.9 Å². The Morgan fingerprint density at radius 2 is 1.14 bits per heavy atom. The number of unbranched alkanes of at least 4 members (excludes halogenated alkanes) is 7. The third-order valence-corrected chi connectivity index (χ3v) is 10.2. The summed E-state index contributed by atoms with van der Waals surface area (Å²) in [5, 5.41) is 40.2. The van der Waals surface area contributed by atoms with Gasteiger partial charge in [0, 0.05) is 12.8 Å². The third kappa shape index (κ3) is 41.6. The first kappa shape index (κ1) is 60.9. The third-order valence-electron chi connectivity index (χ3n) is 8.79. The Labute approximate surface area is 380 Å². The molecule has 7 N–H and O–H groups in total. The van der Waals surface area contributed by atoms with Crippen molar-refractivity contribution in [2.24, 2.45) is 0 Å². The maximum Gasteiger partial charge on any atom is 0.472 e. The molecule has 0 aromatic carbocycles. The molecule has 1 unspecified atom stereocenters. The zero-order valence-corrected chi connectivity index (χ0v) is 39.5. The van der Waals surface area contributed by atoms with Gasteiger partial charge in [0.1, 0.15) is 12.7 Å². The van der Waals surface area contributed by atoms with Gasteiger partial charge >= 0.3 is 27.6 Å². The molecule has 0 aromatic heterocycles. The van der Waals surface area contributed by atoms with Crippen LogP contribution in [0.25, 0.3) is 0 Å². The van der Waals surface area contributed by atoms with E-state index >= 15 is 0 Å². The maximum absolute atomic E-state index is 12.7. The van der Waals surface area contributed by atoms with Crippen LogP contribution in [0.2, 0.25) is 0 Å². The van der Waals surface area contributed by atoms with Gasteiger partial charge in [-0.3, -0.25) is 23.2 Å². The molecular weight excluding hydrogens is 870 g/mol. The highest BCUT2D eigenvalue weighted by Crippen LogP contribution is 2.43. The highest BCUT2D eigenvalue weighted by Gasteiger charge is 2.28. The van der Waals surface area contributed by atoms with Gasteiger partial charge in [-0.25, -0.2) is 9.13 Å². The molecule has 0 saturated heterocycles. The van der Waals surface area contributed by atoms with Gasteiger partial charge in [-0.15, -0.1) is 0 Å². The Kier molecular flexibility index (Phi) is 38.3. The van der Waals surface area contributed by atoms with E-state index in [1.807, 2.05) is 19.1 Å². The number of ether oxygens (including phenoxy) is 2. The predicted molar refractivity (Wildman–Crippen MR) is 248 cm³/mol. The van der Waals surface area contributed by atoms with E-state index in [2.05, 4.69) is 52.4 Å². The van der Waals surface area contributed by atoms with Crippen LogP contribution in [0.4, 0.5) is 0 Å². The minimum Gasteiger partial charge on any atom is -0.462 e. The molecule has 0 amide bonds. The number of esters is 2. The Bertz CT molecular complexity index is 1550. The lowest BCUT2D eigenvalue weighted by Crippen LogP contribution is -2.30. The van der Waals surface area contributed by atoms with Crippen molar-refractivity contribution in [2.45, 2.75) is 154 Å². The Morgan fingerprint density at radius 3 is 1.78 bits per heavy atom. The highest BCUT2D eigenvalue weighted by atomic mass is 31.2. The monoisotopic (exact) mass is 946 g/mol. The van der Waals surface area contributed by atoms with Crippen molar-refractivity contribution in [3.05, 3.63) is 97.2 Å². The van der Waals surface area contributed by atoms with E-state index in [1.54, 1.807) is 42.5 Å². The van der Waals surface area contributed by atoms with Crippen LogP contribution in [0.5, 0.6) is 0 Å². The zero-order valence-electron chi connectivity index (χ0n) is 37.7. The van der Waals surface area contributed by atoms with Crippen LogP contribution in [-0.2, 0) is 41.8 Å². The van der Waals surface area contributed by atoms with Crippen LogP contribution in [0.15, 0.2) is 97.2 Å². The summed E-state index contributed by atoms with van der Waals surface area (Å²) in [6, 6.07) is 0. The number of aliphatic hydroxyl groups excluding tert-OH is 4. The molecule has 0 aliphatic carbocycles. The summed E-state index contributed by atoms with van der Waals surface area (Å²) in [5.41, 5.74) is 0. The molecule has 0 heterocycles. The Balaban J connectivity index is 4.89. The van der Waals surface area contributed by atoms with Crippen molar-refractivity contribution in [1.29, 1.82) is 0 Å². The Hall–Kier alpha value is -3.08. The van der Waals surface area contributed by atoms with Crippen molar-refractivity contribution in [3.8, 4) is 0 Å². The molecular formula is C46H76O16P2. The summed E-state index contributed by atoms with van der Waals surface area (Å²) in [6.45, 7) is 1.10. The summed E-state index contributed by atoms with van der Waals surface area (Å²) in [6.07, 6.45) is 36.2. The first-order chi connectivity index (χ1) is 30.6. The van der Waals surface area contributed by atoms with Crippen molar-refractivity contribution in [1.82, 2.24) is 0 Å². The number of hydrogen-bond acceptors (Lipinski definition) is 13. The summed E-state index contributed by atoms with van der Waals surface area (Å²) in [4.78, 5) is 52.8. The number of phosphoric ester groups is 2. The number of rotatable bonds is 40. The standard InChI is InChI=1S/C46H76O16P2/c1-3-5-7-8-9-10-11-12-13-14-15-16-17-18-19-24-28-34-45(51)58-38-42(39-61-64(56,57)60-37-41(48)36-59-63(53,54)55)62-46(52)35-29-33-44(50)43(49)32-27-23-21-20-22-26-31-40(47)30-25-6-4-2/h6,9-10,12-13,15-16,20-23,25-27,31-32,40-44,47-50H,3-5,7-8,11,14,17-19,24,28-30,33-39H2,1-2H3,(H,56,57)(H2,53,54,55)/b10-9-,13-12-,16-15-,22-20+,23-21-,25-6-,31-26+,32-27-/t40-,41-,42+,43+,44+/m0/s1. The van der Waals surface area contributed by atoms with E-state index in [1.165, 1.54) is 25.3 Å². The number of allylic oxidation sites excluding steroid dienone is 13. The molecule has 16 nitrogen and oxygen atoms in total. The van der Waals surface area contributed by atoms with Gasteiger partial charge < -0.3 is 44.6 Å². The topological polar surface area (TPSA) is 256 Å². The minimum absolute atomic E-state index is 0.0136. The van der Waals surface area contributed by atoms with Gasteiger partial charge in [0.15, 0.2) is 6.10 Å². The van der Waals surface area contributed by atoms with E-state index in [0.29, 0.717) is 12.8 Å². The van der Waals surface area contributed by atoms with Crippen LogP contribution in [0.1, 0.15) is 123 Å². The van der Waals surface area contributed by atoms with Crippen molar-refractivity contribution in [3.63, 3.8) is 0 Å². The lowest BCUT2D eigenvalue weighted by atomic mass is 10.1. The molecule has 0 aromatic rings. The van der Waals surface area contributed by atoms with Gasteiger partial charge in [0.25, 0.3) is 0 Å². The average Bonchev–Trinajstić information content (AvgIpc) is 3.24. The number of carbonyl (C=O) groups is 2. The first-order valence-corrected chi connectivity index (χ1v) is 25.3. The molecule has 0 aliphatic heterocycles. The lowest BCUT2D eigenvalue weighted by molar-refractivity contribution is -0.161. The van der Waals surface area contributed by atoms with Crippen LogP contribution in [0.3, 0.4) is 0 Å². The van der Waals surface area contributed by atoms with Gasteiger partial charge in [-0.1, -0.05) is 137 Å². The molecule has 366 valence electrons. The van der Waals surface area contributed by atoms with Gasteiger partial charge in [-0.05, 0) is 70.6 Å². The molecule has 0 aliphatic rings. The van der Waals surface area contributed by atoms with Crippen LogP contribution in [0, 0.1) is 0 Å². The van der Waals surface area contributed by atoms with Crippen LogP contribution in [-0.4, -0.2) is 104 Å². The fourth-order valence-electron chi connectivity index (χ4n) is 5.28. The number of aliphatic hydroxyl groups is 4. The zero-order chi connectivity index (χ0) is 47.7. The van der Waals surface area contributed by atoms with E-state index in [9.17, 15) is 44.0 Å². The fraction of sp³-hybridized carbons (Fsp3) is 0.609. The molecule has 0 saturated carbocycles. The van der Waals surface area contributed by atoms with Gasteiger partial charge in [-0.2, -0.15) is 0 Å². The normalized spacial score (nSPS) is 16.3. The smallest absolute Gasteiger partial charge is 0.462 e. The predicted octanol–water partition coefficient (Wildman–Crippen LogP) is 8.25.